The number of hydrogen-bond donors (Lipinski definition) is 1. The summed E-state index contributed by atoms with van der Waals surface area (Å²) in [4.78, 5) is 18.8. The molecule has 0 saturated carbocycles. The molecule has 110 valence electrons. The fourth-order valence-corrected chi connectivity index (χ4v) is 2.77. The van der Waals surface area contributed by atoms with Crippen LogP contribution in [0, 0.1) is 0 Å². The van der Waals surface area contributed by atoms with Gasteiger partial charge in [-0.2, -0.15) is 0 Å². The number of nitrogens with two attached hydrogens (primary N) is 1. The fraction of sp³-hybridized carbons (Fsp3) is 0.267. The number of aryl methyl sites for hydroxylation is 1. The Morgan fingerprint density at radius 2 is 1.95 bits per heavy atom. The van der Waals surface area contributed by atoms with Crippen molar-refractivity contribution >= 4 is 34.5 Å². The molecule has 2 aromatic rings. The number of amides is 1. The maximum Gasteiger partial charge on any atom is 0.253 e. The lowest BCUT2D eigenvalue weighted by Gasteiger charge is -2.16. The van der Waals surface area contributed by atoms with Gasteiger partial charge in [0.25, 0.3) is 5.91 Å². The van der Waals surface area contributed by atoms with E-state index in [0.717, 1.165) is 22.7 Å². The summed E-state index contributed by atoms with van der Waals surface area (Å²) < 4.78 is 0. The van der Waals surface area contributed by atoms with Gasteiger partial charge in [-0.25, -0.2) is 4.98 Å². The van der Waals surface area contributed by atoms with Crippen LogP contribution in [0.25, 0.3) is 0 Å². The molecule has 1 amide bonds. The number of carbonyl (C=O) groups is 1. The maximum absolute atomic E-state index is 12.3. The van der Waals surface area contributed by atoms with Gasteiger partial charge < -0.3 is 10.6 Å². The lowest BCUT2D eigenvalue weighted by Crippen LogP contribution is -2.26. The Labute approximate surface area is 133 Å². The SMILES string of the molecule is CCc1nc(CN(C)C(=O)c2ccc(C(N)=S)cc2)cs1. The highest BCUT2D eigenvalue weighted by Gasteiger charge is 2.13. The minimum Gasteiger partial charge on any atom is -0.389 e. The van der Waals surface area contributed by atoms with Crippen LogP contribution in [-0.2, 0) is 13.0 Å². The molecule has 1 heterocycles. The summed E-state index contributed by atoms with van der Waals surface area (Å²) in [5.41, 5.74) is 7.84. The number of rotatable bonds is 5. The predicted molar refractivity (Wildman–Crippen MR) is 89.6 cm³/mol. The Morgan fingerprint density at radius 1 is 1.33 bits per heavy atom. The zero-order valence-corrected chi connectivity index (χ0v) is 13.6. The first kappa shape index (κ1) is 15.6. The molecule has 0 spiro atoms. The highest BCUT2D eigenvalue weighted by Crippen LogP contribution is 2.13. The Balaban J connectivity index is 2.06. The Morgan fingerprint density at radius 3 is 2.48 bits per heavy atom. The summed E-state index contributed by atoms with van der Waals surface area (Å²) in [5.74, 6) is -0.0458. The third-order valence-electron chi connectivity index (χ3n) is 3.06. The molecular formula is C15H17N3OS2. The fourth-order valence-electron chi connectivity index (χ4n) is 1.90. The molecular weight excluding hydrogens is 302 g/mol. The molecule has 0 aliphatic heterocycles. The van der Waals surface area contributed by atoms with Crippen LogP contribution < -0.4 is 5.73 Å². The van der Waals surface area contributed by atoms with Crippen LogP contribution >= 0.6 is 23.6 Å². The smallest absolute Gasteiger partial charge is 0.253 e. The summed E-state index contributed by atoms with van der Waals surface area (Å²) in [6.07, 6.45) is 0.919. The van der Waals surface area contributed by atoms with Crippen molar-refractivity contribution in [3.63, 3.8) is 0 Å². The first-order chi connectivity index (χ1) is 10.0. The van der Waals surface area contributed by atoms with E-state index in [-0.39, 0.29) is 5.91 Å². The highest BCUT2D eigenvalue weighted by molar-refractivity contribution is 7.80. The minimum atomic E-state index is -0.0458. The minimum absolute atomic E-state index is 0.0458. The molecule has 0 radical (unpaired) electrons. The Kier molecular flexibility index (Phi) is 5.03. The second kappa shape index (κ2) is 6.78. The molecule has 0 saturated heterocycles. The second-order valence-corrected chi connectivity index (χ2v) is 6.07. The van der Waals surface area contributed by atoms with E-state index in [4.69, 9.17) is 18.0 Å². The van der Waals surface area contributed by atoms with E-state index >= 15 is 0 Å². The zero-order valence-electron chi connectivity index (χ0n) is 12.0. The number of hydrogen-bond acceptors (Lipinski definition) is 4. The van der Waals surface area contributed by atoms with Crippen LogP contribution in [0.3, 0.4) is 0 Å². The zero-order chi connectivity index (χ0) is 15.4. The van der Waals surface area contributed by atoms with Gasteiger partial charge in [0.05, 0.1) is 17.2 Å². The van der Waals surface area contributed by atoms with Gasteiger partial charge in [0.2, 0.25) is 0 Å². The van der Waals surface area contributed by atoms with Crippen LogP contribution in [0.5, 0.6) is 0 Å². The van der Waals surface area contributed by atoms with Crippen molar-refractivity contribution in [3.8, 4) is 0 Å². The van der Waals surface area contributed by atoms with Crippen LogP contribution in [0.15, 0.2) is 29.6 Å². The quantitative estimate of drug-likeness (QED) is 0.861. The first-order valence-electron chi connectivity index (χ1n) is 6.60. The van der Waals surface area contributed by atoms with Gasteiger partial charge in [0, 0.05) is 23.6 Å². The van der Waals surface area contributed by atoms with E-state index < -0.39 is 0 Å². The highest BCUT2D eigenvalue weighted by atomic mass is 32.1. The average Bonchev–Trinajstić information content (AvgIpc) is 2.94. The molecule has 0 aliphatic carbocycles. The average molecular weight is 319 g/mol. The van der Waals surface area contributed by atoms with Gasteiger partial charge >= 0.3 is 0 Å². The summed E-state index contributed by atoms with van der Waals surface area (Å²) >= 11 is 6.53. The van der Waals surface area contributed by atoms with Gasteiger partial charge in [0.1, 0.15) is 4.99 Å². The summed E-state index contributed by atoms with van der Waals surface area (Å²) in [6, 6.07) is 7.01. The van der Waals surface area contributed by atoms with Gasteiger partial charge in [0.15, 0.2) is 0 Å². The normalized spacial score (nSPS) is 10.4. The molecule has 6 heteroatoms. The van der Waals surface area contributed by atoms with Crippen molar-refractivity contribution in [2.75, 3.05) is 7.05 Å². The number of carbonyl (C=O) groups excluding carboxylic acids is 1. The summed E-state index contributed by atoms with van der Waals surface area (Å²) in [6.45, 7) is 2.58. The van der Waals surface area contributed by atoms with E-state index in [1.54, 1.807) is 47.5 Å². The van der Waals surface area contributed by atoms with Crippen molar-refractivity contribution in [2.24, 2.45) is 5.73 Å². The Hall–Kier alpha value is -1.79. The molecule has 0 unspecified atom stereocenters. The largest absolute Gasteiger partial charge is 0.389 e. The molecule has 0 bridgehead atoms. The van der Waals surface area contributed by atoms with Crippen molar-refractivity contribution in [1.29, 1.82) is 0 Å². The molecule has 2 rings (SSSR count). The van der Waals surface area contributed by atoms with Crippen LogP contribution in [-0.4, -0.2) is 27.8 Å². The van der Waals surface area contributed by atoms with Crippen molar-refractivity contribution in [2.45, 2.75) is 19.9 Å². The van der Waals surface area contributed by atoms with E-state index in [9.17, 15) is 4.79 Å². The molecule has 0 atom stereocenters. The van der Waals surface area contributed by atoms with E-state index in [2.05, 4.69) is 11.9 Å². The van der Waals surface area contributed by atoms with Crippen LogP contribution in [0.4, 0.5) is 0 Å². The standard InChI is InChI=1S/C15H17N3OS2/c1-3-13-17-12(9-21-13)8-18(2)15(19)11-6-4-10(5-7-11)14(16)20/h4-7,9H,3,8H2,1-2H3,(H2,16,20). The molecule has 1 aromatic carbocycles. The molecule has 21 heavy (non-hydrogen) atoms. The lowest BCUT2D eigenvalue weighted by molar-refractivity contribution is 0.0783. The number of thiocarbonyl (C=S) groups is 1. The number of benzene rings is 1. The van der Waals surface area contributed by atoms with Crippen LogP contribution in [0.1, 0.15) is 33.5 Å². The summed E-state index contributed by atoms with van der Waals surface area (Å²) in [7, 11) is 1.77. The van der Waals surface area contributed by atoms with Crippen molar-refractivity contribution in [3.05, 3.63) is 51.5 Å². The Bertz CT molecular complexity index is 649. The van der Waals surface area contributed by atoms with E-state index in [1.807, 2.05) is 5.38 Å². The summed E-state index contributed by atoms with van der Waals surface area (Å²) in [5, 5.41) is 3.09. The number of nitrogens with zero attached hydrogens (tertiary/aromatic N) is 2. The molecule has 4 nitrogen and oxygen atoms in total. The molecule has 0 aliphatic rings. The third-order valence-corrected chi connectivity index (χ3v) is 4.34. The second-order valence-electron chi connectivity index (χ2n) is 4.69. The van der Waals surface area contributed by atoms with Gasteiger partial charge in [-0.15, -0.1) is 11.3 Å². The lowest BCUT2D eigenvalue weighted by atomic mass is 10.1. The predicted octanol–water partition coefficient (Wildman–Crippen LogP) is 2.61. The number of aromatic nitrogens is 1. The van der Waals surface area contributed by atoms with Crippen molar-refractivity contribution < 1.29 is 4.79 Å². The number of thiazole rings is 1. The van der Waals surface area contributed by atoms with E-state index in [1.165, 1.54) is 0 Å². The van der Waals surface area contributed by atoms with Crippen molar-refractivity contribution in [1.82, 2.24) is 9.88 Å². The molecule has 0 fully saturated rings. The topological polar surface area (TPSA) is 59.2 Å². The van der Waals surface area contributed by atoms with E-state index in [0.29, 0.717) is 17.1 Å². The monoisotopic (exact) mass is 319 g/mol. The van der Waals surface area contributed by atoms with Gasteiger partial charge in [-0.3, -0.25) is 4.79 Å². The molecule has 1 aromatic heterocycles. The maximum atomic E-state index is 12.3. The first-order valence-corrected chi connectivity index (χ1v) is 7.88. The third kappa shape index (κ3) is 3.86. The van der Waals surface area contributed by atoms with Gasteiger partial charge in [-0.1, -0.05) is 31.3 Å². The molecule has 2 N–H and O–H groups in total. The van der Waals surface area contributed by atoms with Gasteiger partial charge in [-0.05, 0) is 18.6 Å². The van der Waals surface area contributed by atoms with Crippen LogP contribution in [0.2, 0.25) is 0 Å².